The molecule has 1 aliphatic heterocycles. The van der Waals surface area contributed by atoms with Gasteiger partial charge in [0.05, 0.1) is 5.92 Å². The highest BCUT2D eigenvalue weighted by Crippen LogP contribution is 2.44. The summed E-state index contributed by atoms with van der Waals surface area (Å²) in [6.45, 7) is 0.817. The maximum atomic E-state index is 11.9. The molecule has 0 amide bonds. The molecule has 2 aliphatic rings. The molecule has 1 aliphatic carbocycles. The second-order valence-electron chi connectivity index (χ2n) is 5.08. The van der Waals surface area contributed by atoms with Crippen LogP contribution in [-0.4, -0.2) is 34.2 Å². The van der Waals surface area contributed by atoms with Crippen LogP contribution in [0.15, 0.2) is 12.3 Å². The molecule has 96 valence electrons. The molecular formula is C12H15N3O3. The van der Waals surface area contributed by atoms with Crippen molar-refractivity contribution in [3.05, 3.63) is 18.0 Å². The molecule has 1 aromatic heterocycles. The third-order valence-corrected chi connectivity index (χ3v) is 3.73. The zero-order valence-electron chi connectivity index (χ0n) is 9.94. The molecule has 0 aromatic carbocycles. The summed E-state index contributed by atoms with van der Waals surface area (Å²) in [5.41, 5.74) is 0.359. The van der Waals surface area contributed by atoms with Crippen LogP contribution in [0.3, 0.4) is 0 Å². The number of hydrogen-bond acceptors (Lipinski definition) is 5. The monoisotopic (exact) mass is 249 g/mol. The fraction of sp³-hybridized carbons (Fsp3) is 0.583. The zero-order valence-corrected chi connectivity index (χ0v) is 9.94. The van der Waals surface area contributed by atoms with Crippen LogP contribution in [0.2, 0.25) is 0 Å². The van der Waals surface area contributed by atoms with Gasteiger partial charge < -0.3 is 10.1 Å². The lowest BCUT2D eigenvalue weighted by Crippen LogP contribution is -2.43. The Kier molecular flexibility index (Phi) is 2.66. The minimum Gasteiger partial charge on any atom is -0.388 e. The third-order valence-electron chi connectivity index (χ3n) is 3.73. The first kappa shape index (κ1) is 11.4. The van der Waals surface area contributed by atoms with E-state index < -0.39 is 11.9 Å². The second-order valence-corrected chi connectivity index (χ2v) is 5.08. The Morgan fingerprint density at radius 3 is 2.94 bits per heavy atom. The number of carbonyl (C=O) groups excluding carboxylic acids is 2. The van der Waals surface area contributed by atoms with E-state index in [1.165, 1.54) is 12.3 Å². The third kappa shape index (κ3) is 2.15. The largest absolute Gasteiger partial charge is 0.388 e. The molecule has 1 unspecified atom stereocenters. The second kappa shape index (κ2) is 4.20. The van der Waals surface area contributed by atoms with Gasteiger partial charge in [-0.15, -0.1) is 0 Å². The lowest BCUT2D eigenvalue weighted by atomic mass is 9.91. The molecular weight excluding hydrogens is 234 g/mol. The normalized spacial score (nSPS) is 24.8. The van der Waals surface area contributed by atoms with E-state index in [1.807, 2.05) is 0 Å². The summed E-state index contributed by atoms with van der Waals surface area (Å²) in [5.74, 6) is -1.23. The number of nitrogens with zero attached hydrogens (tertiary/aromatic N) is 1. The van der Waals surface area contributed by atoms with Gasteiger partial charge in [0.15, 0.2) is 0 Å². The van der Waals surface area contributed by atoms with Crippen molar-refractivity contribution in [1.29, 1.82) is 0 Å². The first-order valence-electron chi connectivity index (χ1n) is 6.19. The molecule has 3 rings (SSSR count). The molecule has 1 atom stereocenters. The predicted octanol–water partition coefficient (Wildman–Crippen LogP) is 0.625. The van der Waals surface area contributed by atoms with Crippen molar-refractivity contribution < 1.29 is 14.3 Å². The van der Waals surface area contributed by atoms with E-state index in [0.717, 1.165) is 32.2 Å². The highest BCUT2D eigenvalue weighted by molar-refractivity contribution is 5.95. The first-order chi connectivity index (χ1) is 8.69. The maximum Gasteiger partial charge on any atom is 0.363 e. The highest BCUT2D eigenvalue weighted by Gasteiger charge is 2.47. The van der Waals surface area contributed by atoms with Gasteiger partial charge in [-0.1, -0.05) is 0 Å². The average molecular weight is 249 g/mol. The summed E-state index contributed by atoms with van der Waals surface area (Å²) in [7, 11) is 0. The maximum absolute atomic E-state index is 11.9. The molecule has 2 heterocycles. The van der Waals surface area contributed by atoms with Crippen molar-refractivity contribution in [3.63, 3.8) is 0 Å². The summed E-state index contributed by atoms with van der Waals surface area (Å²) < 4.78 is 4.88. The number of carbonyl (C=O) groups is 2. The summed E-state index contributed by atoms with van der Waals surface area (Å²) in [5, 5.41) is 9.56. The minimum atomic E-state index is -0.652. The van der Waals surface area contributed by atoms with Crippen LogP contribution < -0.4 is 5.32 Å². The average Bonchev–Trinajstić information content (AvgIpc) is 2.92. The topological polar surface area (TPSA) is 84.1 Å². The van der Waals surface area contributed by atoms with Crippen molar-refractivity contribution in [2.75, 3.05) is 6.54 Å². The van der Waals surface area contributed by atoms with E-state index in [4.69, 9.17) is 4.74 Å². The van der Waals surface area contributed by atoms with Gasteiger partial charge in [0.1, 0.15) is 5.69 Å². The minimum absolute atomic E-state index is 0.152. The molecule has 1 saturated heterocycles. The van der Waals surface area contributed by atoms with E-state index in [9.17, 15) is 9.59 Å². The summed E-state index contributed by atoms with van der Waals surface area (Å²) in [4.78, 5) is 23.5. The molecule has 0 bridgehead atoms. The lowest BCUT2D eigenvalue weighted by molar-refractivity contribution is -0.144. The van der Waals surface area contributed by atoms with Crippen molar-refractivity contribution >= 4 is 11.9 Å². The summed E-state index contributed by atoms with van der Waals surface area (Å²) in [6.07, 6.45) is 5.19. The number of H-pyrrole nitrogens is 1. The lowest BCUT2D eigenvalue weighted by Gasteiger charge is -2.28. The van der Waals surface area contributed by atoms with E-state index in [-0.39, 0.29) is 17.2 Å². The van der Waals surface area contributed by atoms with E-state index >= 15 is 0 Å². The highest BCUT2D eigenvalue weighted by atomic mass is 16.6. The molecule has 2 N–H and O–H groups in total. The fourth-order valence-electron chi connectivity index (χ4n) is 2.49. The number of nitrogens with one attached hydrogen (secondary N) is 2. The van der Waals surface area contributed by atoms with Gasteiger partial charge in [-0.05, 0) is 38.3 Å². The SMILES string of the molecule is O=C(OC(=O)C1CCNC2(CC2)C1)c1ccn[nH]1. The molecule has 6 nitrogen and oxygen atoms in total. The molecule has 1 saturated carbocycles. The van der Waals surface area contributed by atoms with Crippen LogP contribution >= 0.6 is 0 Å². The van der Waals surface area contributed by atoms with E-state index in [2.05, 4.69) is 15.5 Å². The molecule has 18 heavy (non-hydrogen) atoms. The number of ether oxygens (including phenoxy) is 1. The van der Waals surface area contributed by atoms with Crippen LogP contribution in [0.4, 0.5) is 0 Å². The Morgan fingerprint density at radius 2 is 2.28 bits per heavy atom. The number of piperidine rings is 1. The Hall–Kier alpha value is -1.69. The van der Waals surface area contributed by atoms with Crippen molar-refractivity contribution in [1.82, 2.24) is 15.5 Å². The number of rotatable bonds is 2. The number of aromatic amines is 1. The molecule has 0 radical (unpaired) electrons. The van der Waals surface area contributed by atoms with Gasteiger partial charge in [-0.3, -0.25) is 9.89 Å². The molecule has 1 spiro atoms. The molecule has 2 fully saturated rings. The predicted molar refractivity (Wildman–Crippen MR) is 61.7 cm³/mol. The van der Waals surface area contributed by atoms with E-state index in [0.29, 0.717) is 0 Å². The van der Waals surface area contributed by atoms with Crippen molar-refractivity contribution in [2.24, 2.45) is 5.92 Å². The Bertz CT molecular complexity index is 465. The van der Waals surface area contributed by atoms with Crippen LogP contribution in [0, 0.1) is 5.92 Å². The van der Waals surface area contributed by atoms with Gasteiger partial charge in [-0.2, -0.15) is 5.10 Å². The van der Waals surface area contributed by atoms with Crippen molar-refractivity contribution in [3.8, 4) is 0 Å². The van der Waals surface area contributed by atoms with Gasteiger partial charge in [0.25, 0.3) is 0 Å². The molecule has 6 heteroatoms. The number of hydrogen-bond donors (Lipinski definition) is 2. The Morgan fingerprint density at radius 1 is 1.44 bits per heavy atom. The van der Waals surface area contributed by atoms with E-state index in [1.54, 1.807) is 0 Å². The van der Waals surface area contributed by atoms with Gasteiger partial charge in [-0.25, -0.2) is 4.79 Å². The fourth-order valence-corrected chi connectivity index (χ4v) is 2.49. The van der Waals surface area contributed by atoms with Crippen molar-refractivity contribution in [2.45, 2.75) is 31.2 Å². The van der Waals surface area contributed by atoms with Crippen LogP contribution in [-0.2, 0) is 9.53 Å². The molecule has 1 aromatic rings. The van der Waals surface area contributed by atoms with Gasteiger partial charge >= 0.3 is 11.9 Å². The van der Waals surface area contributed by atoms with Gasteiger partial charge in [0, 0.05) is 11.7 Å². The Labute approximate surface area is 104 Å². The number of esters is 2. The van der Waals surface area contributed by atoms with Crippen LogP contribution in [0.1, 0.15) is 36.2 Å². The quantitative estimate of drug-likeness (QED) is 0.593. The standard InChI is InChI=1S/C12H15N3O3/c16-10(18-11(17)9-2-6-14-15-9)8-1-5-13-12(7-8)3-4-12/h2,6,8,13H,1,3-5,7H2,(H,14,15). The summed E-state index contributed by atoms with van der Waals surface area (Å²) >= 11 is 0. The van der Waals surface area contributed by atoms with Crippen LogP contribution in [0.25, 0.3) is 0 Å². The zero-order chi connectivity index (χ0) is 12.6. The van der Waals surface area contributed by atoms with Crippen LogP contribution in [0.5, 0.6) is 0 Å². The smallest absolute Gasteiger partial charge is 0.363 e. The number of aromatic nitrogens is 2. The summed E-state index contributed by atoms with van der Waals surface area (Å²) in [6, 6.07) is 1.49. The van der Waals surface area contributed by atoms with Gasteiger partial charge in [0.2, 0.25) is 0 Å². The Balaban J connectivity index is 1.59. The first-order valence-corrected chi connectivity index (χ1v) is 6.19.